The lowest BCUT2D eigenvalue weighted by Crippen LogP contribution is -2.10. The molecule has 1 aromatic carbocycles. The Morgan fingerprint density at radius 3 is 2.61 bits per heavy atom. The molecule has 3 N–H and O–H groups in total. The van der Waals surface area contributed by atoms with Crippen LogP contribution >= 0.6 is 0 Å². The maximum atomic E-state index is 9.17. The molecular formula is C12H17N5O. The molecule has 2 rings (SSSR count). The Kier molecular flexibility index (Phi) is 3.66. The summed E-state index contributed by atoms with van der Waals surface area (Å²) in [5.41, 5.74) is 1.16. The van der Waals surface area contributed by atoms with Crippen molar-refractivity contribution in [2.75, 3.05) is 30.9 Å². The predicted octanol–water partition coefficient (Wildman–Crippen LogP) is 1.23. The van der Waals surface area contributed by atoms with Crippen molar-refractivity contribution in [3.8, 4) is 5.75 Å². The van der Waals surface area contributed by atoms with E-state index < -0.39 is 0 Å². The minimum atomic E-state index is 0.289. The van der Waals surface area contributed by atoms with Gasteiger partial charge >= 0.3 is 0 Å². The van der Waals surface area contributed by atoms with Crippen molar-refractivity contribution in [1.29, 1.82) is 0 Å². The van der Waals surface area contributed by atoms with E-state index in [1.165, 1.54) is 0 Å². The number of rotatable bonds is 5. The van der Waals surface area contributed by atoms with E-state index in [0.717, 1.165) is 18.5 Å². The predicted molar refractivity (Wildman–Crippen MR) is 71.0 cm³/mol. The number of nitrogens with one attached hydrogen (secondary N) is 2. The first-order valence-corrected chi connectivity index (χ1v) is 5.76. The van der Waals surface area contributed by atoms with E-state index in [2.05, 4.69) is 20.5 Å². The average molecular weight is 247 g/mol. The van der Waals surface area contributed by atoms with Gasteiger partial charge in [-0.25, -0.2) is 5.10 Å². The smallest absolute Gasteiger partial charge is 0.245 e. The molecule has 6 nitrogen and oxygen atoms in total. The fraction of sp³-hybridized carbons (Fsp3) is 0.333. The van der Waals surface area contributed by atoms with Crippen LogP contribution in [0.3, 0.4) is 0 Å². The molecule has 1 heterocycles. The van der Waals surface area contributed by atoms with Crippen LogP contribution in [0.5, 0.6) is 5.75 Å². The van der Waals surface area contributed by atoms with Gasteiger partial charge in [0.2, 0.25) is 11.9 Å². The Morgan fingerprint density at radius 2 is 2.00 bits per heavy atom. The van der Waals surface area contributed by atoms with Crippen molar-refractivity contribution in [2.45, 2.75) is 6.42 Å². The zero-order valence-corrected chi connectivity index (χ0v) is 10.5. The van der Waals surface area contributed by atoms with Gasteiger partial charge in [-0.2, -0.15) is 4.98 Å². The van der Waals surface area contributed by atoms with Crippen LogP contribution in [0.2, 0.25) is 0 Å². The van der Waals surface area contributed by atoms with Gasteiger partial charge in [-0.05, 0) is 24.1 Å². The van der Waals surface area contributed by atoms with Gasteiger partial charge in [-0.1, -0.05) is 12.1 Å². The van der Waals surface area contributed by atoms with Gasteiger partial charge in [-0.15, -0.1) is 5.10 Å². The Bertz CT molecular complexity index is 491. The lowest BCUT2D eigenvalue weighted by Gasteiger charge is -2.04. The number of aromatic hydroxyl groups is 1. The summed E-state index contributed by atoms with van der Waals surface area (Å²) in [7, 11) is 3.78. The third-order valence-corrected chi connectivity index (χ3v) is 2.52. The van der Waals surface area contributed by atoms with Crippen LogP contribution in [-0.2, 0) is 6.42 Å². The van der Waals surface area contributed by atoms with E-state index in [4.69, 9.17) is 0 Å². The number of nitrogens with zero attached hydrogens (tertiary/aromatic N) is 3. The number of phenols is 1. The molecule has 96 valence electrons. The standard InChI is InChI=1S/C12H17N5O/c1-17(2)12-14-11(15-16-12)13-8-7-9-3-5-10(18)6-4-9/h3-6,18H,7-8H2,1-2H3,(H2,13,14,15,16). The average Bonchev–Trinajstić information content (AvgIpc) is 2.81. The molecule has 0 spiro atoms. The van der Waals surface area contributed by atoms with Crippen LogP contribution in [0.25, 0.3) is 0 Å². The van der Waals surface area contributed by atoms with Crippen LogP contribution in [-0.4, -0.2) is 40.9 Å². The molecule has 0 saturated carbocycles. The SMILES string of the molecule is CN(C)c1n[nH]c(NCCc2ccc(O)cc2)n1. The molecule has 0 atom stereocenters. The number of benzene rings is 1. The summed E-state index contributed by atoms with van der Waals surface area (Å²) < 4.78 is 0. The minimum Gasteiger partial charge on any atom is -0.508 e. The Balaban J connectivity index is 1.82. The van der Waals surface area contributed by atoms with Crippen molar-refractivity contribution in [3.05, 3.63) is 29.8 Å². The highest BCUT2D eigenvalue weighted by Crippen LogP contribution is 2.10. The van der Waals surface area contributed by atoms with Crippen LogP contribution in [0.4, 0.5) is 11.9 Å². The van der Waals surface area contributed by atoms with E-state index >= 15 is 0 Å². The van der Waals surface area contributed by atoms with Crippen LogP contribution in [0.1, 0.15) is 5.56 Å². The summed E-state index contributed by atoms with van der Waals surface area (Å²) in [6.45, 7) is 0.757. The van der Waals surface area contributed by atoms with Crippen LogP contribution in [0, 0.1) is 0 Å². The number of phenolic OH excluding ortho intramolecular Hbond substituents is 1. The molecule has 0 aliphatic carbocycles. The Morgan fingerprint density at radius 1 is 1.28 bits per heavy atom. The second-order valence-corrected chi connectivity index (χ2v) is 4.22. The highest BCUT2D eigenvalue weighted by atomic mass is 16.3. The Hall–Kier alpha value is -2.24. The molecule has 0 saturated heterocycles. The number of hydrogen-bond donors (Lipinski definition) is 3. The summed E-state index contributed by atoms with van der Waals surface area (Å²) >= 11 is 0. The number of hydrogen-bond acceptors (Lipinski definition) is 5. The van der Waals surface area contributed by atoms with Crippen molar-refractivity contribution >= 4 is 11.9 Å². The zero-order chi connectivity index (χ0) is 13.0. The van der Waals surface area contributed by atoms with Gasteiger partial charge in [-0.3, -0.25) is 0 Å². The van der Waals surface area contributed by atoms with Gasteiger partial charge in [0.25, 0.3) is 0 Å². The third kappa shape index (κ3) is 3.13. The lowest BCUT2D eigenvalue weighted by atomic mass is 10.1. The molecule has 0 aliphatic rings. The normalized spacial score (nSPS) is 10.3. The molecule has 0 bridgehead atoms. The molecule has 0 unspecified atom stereocenters. The molecular weight excluding hydrogens is 230 g/mol. The monoisotopic (exact) mass is 247 g/mol. The third-order valence-electron chi connectivity index (χ3n) is 2.52. The van der Waals surface area contributed by atoms with E-state index in [9.17, 15) is 5.11 Å². The van der Waals surface area contributed by atoms with Gasteiger partial charge in [0.1, 0.15) is 5.75 Å². The zero-order valence-electron chi connectivity index (χ0n) is 10.5. The fourth-order valence-corrected chi connectivity index (χ4v) is 1.52. The number of aromatic amines is 1. The van der Waals surface area contributed by atoms with Crippen LogP contribution < -0.4 is 10.2 Å². The second-order valence-electron chi connectivity index (χ2n) is 4.22. The summed E-state index contributed by atoms with van der Waals surface area (Å²) in [5.74, 6) is 1.61. The maximum Gasteiger partial charge on any atom is 0.245 e. The summed E-state index contributed by atoms with van der Waals surface area (Å²) in [6, 6.07) is 7.19. The fourth-order valence-electron chi connectivity index (χ4n) is 1.52. The maximum absolute atomic E-state index is 9.17. The summed E-state index contributed by atoms with van der Waals surface area (Å²) in [5, 5.41) is 19.2. The van der Waals surface area contributed by atoms with E-state index in [0.29, 0.717) is 11.9 Å². The second kappa shape index (κ2) is 5.39. The quantitative estimate of drug-likeness (QED) is 0.741. The van der Waals surface area contributed by atoms with Gasteiger partial charge in [0.05, 0.1) is 0 Å². The van der Waals surface area contributed by atoms with E-state index in [-0.39, 0.29) is 5.75 Å². The van der Waals surface area contributed by atoms with Crippen molar-refractivity contribution in [3.63, 3.8) is 0 Å². The first kappa shape index (κ1) is 12.2. The highest BCUT2D eigenvalue weighted by Gasteiger charge is 2.03. The van der Waals surface area contributed by atoms with Crippen molar-refractivity contribution in [2.24, 2.45) is 0 Å². The van der Waals surface area contributed by atoms with Gasteiger partial charge in [0, 0.05) is 20.6 Å². The highest BCUT2D eigenvalue weighted by molar-refractivity contribution is 5.35. The molecule has 6 heteroatoms. The van der Waals surface area contributed by atoms with E-state index in [1.54, 1.807) is 12.1 Å². The summed E-state index contributed by atoms with van der Waals surface area (Å²) in [6.07, 6.45) is 0.859. The molecule has 0 radical (unpaired) electrons. The summed E-state index contributed by atoms with van der Waals surface area (Å²) in [4.78, 5) is 6.10. The molecule has 18 heavy (non-hydrogen) atoms. The molecule has 0 aliphatic heterocycles. The van der Waals surface area contributed by atoms with Crippen molar-refractivity contribution < 1.29 is 5.11 Å². The molecule has 0 amide bonds. The first-order chi connectivity index (χ1) is 8.65. The number of anilines is 2. The topological polar surface area (TPSA) is 77.1 Å². The Labute approximate surface area is 106 Å². The molecule has 2 aromatic rings. The number of H-pyrrole nitrogens is 1. The lowest BCUT2D eigenvalue weighted by molar-refractivity contribution is 0.475. The first-order valence-electron chi connectivity index (χ1n) is 5.76. The van der Waals surface area contributed by atoms with Gasteiger partial charge < -0.3 is 15.3 Å². The van der Waals surface area contributed by atoms with Crippen molar-refractivity contribution in [1.82, 2.24) is 15.2 Å². The van der Waals surface area contributed by atoms with Gasteiger partial charge in [0.15, 0.2) is 0 Å². The number of aromatic nitrogens is 3. The molecule has 0 fully saturated rings. The van der Waals surface area contributed by atoms with Crippen LogP contribution in [0.15, 0.2) is 24.3 Å². The minimum absolute atomic E-state index is 0.289. The largest absolute Gasteiger partial charge is 0.508 e. The van der Waals surface area contributed by atoms with E-state index in [1.807, 2.05) is 31.1 Å². The molecule has 1 aromatic heterocycles.